The van der Waals surface area contributed by atoms with Gasteiger partial charge in [-0.15, -0.1) is 0 Å². The number of carbonyl (C=O) groups excluding carboxylic acids is 1. The monoisotopic (exact) mass is 243 g/mol. The number of hydrazine groups is 1. The van der Waals surface area contributed by atoms with Gasteiger partial charge in [-0.1, -0.05) is 28.1 Å². The number of nitrogens with one attached hydrogen (secondary N) is 2. The van der Waals surface area contributed by atoms with E-state index < -0.39 is 6.03 Å². The van der Waals surface area contributed by atoms with E-state index in [4.69, 9.17) is 5.73 Å². The van der Waals surface area contributed by atoms with Crippen LogP contribution in [0.4, 0.5) is 4.79 Å². The molecule has 70 valence electrons. The lowest BCUT2D eigenvalue weighted by molar-refractivity contribution is 0.244. The molecule has 4 N–H and O–H groups in total. The second kappa shape index (κ2) is 4.84. The molecule has 1 aromatic carbocycles. The summed E-state index contributed by atoms with van der Waals surface area (Å²) in [4.78, 5) is 10.3. The molecular formula is C8H10BrN3O. The molecule has 0 bridgehead atoms. The fourth-order valence-electron chi connectivity index (χ4n) is 0.836. The number of amides is 2. The van der Waals surface area contributed by atoms with Crippen molar-refractivity contribution in [1.82, 2.24) is 10.9 Å². The number of primary amides is 1. The highest BCUT2D eigenvalue weighted by Crippen LogP contribution is 2.09. The van der Waals surface area contributed by atoms with Crippen molar-refractivity contribution >= 4 is 22.0 Å². The number of hydrogen-bond acceptors (Lipinski definition) is 2. The third kappa shape index (κ3) is 3.91. The molecule has 0 aliphatic carbocycles. The summed E-state index contributed by atoms with van der Waals surface area (Å²) < 4.78 is 1.03. The minimum atomic E-state index is -0.586. The maximum absolute atomic E-state index is 10.3. The maximum atomic E-state index is 10.3. The molecule has 0 atom stereocenters. The number of rotatable bonds is 3. The van der Waals surface area contributed by atoms with E-state index in [1.807, 2.05) is 24.3 Å². The largest absolute Gasteiger partial charge is 0.351 e. The highest BCUT2D eigenvalue weighted by Gasteiger charge is 1.93. The summed E-state index contributed by atoms with van der Waals surface area (Å²) in [7, 11) is 0. The van der Waals surface area contributed by atoms with Gasteiger partial charge in [0.2, 0.25) is 0 Å². The number of nitrogens with two attached hydrogens (primary N) is 1. The van der Waals surface area contributed by atoms with Crippen LogP contribution in [0.5, 0.6) is 0 Å². The average molecular weight is 244 g/mol. The van der Waals surface area contributed by atoms with Crippen molar-refractivity contribution in [3.8, 4) is 0 Å². The van der Waals surface area contributed by atoms with Gasteiger partial charge < -0.3 is 5.73 Å². The molecule has 2 amide bonds. The van der Waals surface area contributed by atoms with Crippen molar-refractivity contribution in [2.45, 2.75) is 6.54 Å². The Labute approximate surface area is 84.6 Å². The Morgan fingerprint density at radius 1 is 1.38 bits per heavy atom. The fraction of sp³-hybridized carbons (Fsp3) is 0.125. The van der Waals surface area contributed by atoms with E-state index in [0.29, 0.717) is 6.54 Å². The van der Waals surface area contributed by atoms with Crippen molar-refractivity contribution in [2.24, 2.45) is 5.73 Å². The van der Waals surface area contributed by atoms with Crippen LogP contribution in [0.15, 0.2) is 28.7 Å². The Morgan fingerprint density at radius 3 is 2.54 bits per heavy atom. The smallest absolute Gasteiger partial charge is 0.326 e. The molecule has 0 saturated carbocycles. The van der Waals surface area contributed by atoms with Gasteiger partial charge in [-0.2, -0.15) is 0 Å². The van der Waals surface area contributed by atoms with Gasteiger partial charge in [-0.05, 0) is 17.7 Å². The lowest BCUT2D eigenvalue weighted by Gasteiger charge is -2.04. The molecule has 0 aromatic heterocycles. The van der Waals surface area contributed by atoms with Crippen molar-refractivity contribution in [1.29, 1.82) is 0 Å². The topological polar surface area (TPSA) is 67.2 Å². The second-order valence-corrected chi connectivity index (χ2v) is 3.38. The zero-order valence-corrected chi connectivity index (χ0v) is 8.47. The molecular weight excluding hydrogens is 234 g/mol. The molecule has 0 fully saturated rings. The second-order valence-electron chi connectivity index (χ2n) is 2.47. The van der Waals surface area contributed by atoms with Crippen LogP contribution >= 0.6 is 15.9 Å². The molecule has 0 radical (unpaired) electrons. The number of benzene rings is 1. The Morgan fingerprint density at radius 2 is 2.00 bits per heavy atom. The molecule has 13 heavy (non-hydrogen) atoms. The standard InChI is InChI=1S/C8H10BrN3O/c9-7-3-1-6(2-4-7)5-11-12-8(10)13/h1-4,11H,5H2,(H3,10,12,13). The first-order valence-corrected chi connectivity index (χ1v) is 4.50. The SMILES string of the molecule is NC(=O)NNCc1ccc(Br)cc1. The summed E-state index contributed by atoms with van der Waals surface area (Å²) in [6, 6.07) is 7.17. The normalized spacial score (nSPS) is 9.62. The van der Waals surface area contributed by atoms with Gasteiger partial charge in [-0.25, -0.2) is 10.2 Å². The van der Waals surface area contributed by atoms with Crippen LogP contribution in [-0.4, -0.2) is 6.03 Å². The van der Waals surface area contributed by atoms with Crippen LogP contribution in [0, 0.1) is 0 Å². The van der Waals surface area contributed by atoms with E-state index in [-0.39, 0.29) is 0 Å². The zero-order chi connectivity index (χ0) is 9.68. The molecule has 1 rings (SSSR count). The van der Waals surface area contributed by atoms with E-state index in [1.54, 1.807) is 0 Å². The van der Waals surface area contributed by atoms with Crippen molar-refractivity contribution in [3.63, 3.8) is 0 Å². The van der Waals surface area contributed by atoms with E-state index in [9.17, 15) is 4.79 Å². The Bertz CT molecular complexity index is 286. The lowest BCUT2D eigenvalue weighted by atomic mass is 10.2. The summed E-state index contributed by atoms with van der Waals surface area (Å²) >= 11 is 3.33. The Balaban J connectivity index is 2.37. The molecule has 1 aromatic rings. The molecule has 0 unspecified atom stereocenters. The predicted molar refractivity (Wildman–Crippen MR) is 53.7 cm³/mol. The Hall–Kier alpha value is -1.07. The zero-order valence-electron chi connectivity index (χ0n) is 6.88. The molecule has 0 aliphatic heterocycles. The summed E-state index contributed by atoms with van der Waals surface area (Å²) in [5.41, 5.74) is 10.9. The summed E-state index contributed by atoms with van der Waals surface area (Å²) in [5.74, 6) is 0. The van der Waals surface area contributed by atoms with Crippen molar-refractivity contribution in [2.75, 3.05) is 0 Å². The van der Waals surface area contributed by atoms with Crippen molar-refractivity contribution in [3.05, 3.63) is 34.3 Å². The van der Waals surface area contributed by atoms with Crippen LogP contribution in [0.3, 0.4) is 0 Å². The number of carbonyl (C=O) groups is 1. The van der Waals surface area contributed by atoms with Crippen molar-refractivity contribution < 1.29 is 4.79 Å². The van der Waals surface area contributed by atoms with Crippen LogP contribution in [0.2, 0.25) is 0 Å². The van der Waals surface area contributed by atoms with E-state index >= 15 is 0 Å². The molecule has 0 spiro atoms. The van der Waals surface area contributed by atoms with Gasteiger partial charge in [0, 0.05) is 11.0 Å². The Kier molecular flexibility index (Phi) is 3.72. The third-order valence-electron chi connectivity index (χ3n) is 1.42. The van der Waals surface area contributed by atoms with Gasteiger partial charge in [0.1, 0.15) is 0 Å². The highest BCUT2D eigenvalue weighted by atomic mass is 79.9. The van der Waals surface area contributed by atoms with Gasteiger partial charge >= 0.3 is 6.03 Å². The van der Waals surface area contributed by atoms with Crippen LogP contribution in [-0.2, 0) is 6.54 Å². The minimum absolute atomic E-state index is 0.552. The number of halogens is 1. The molecule has 0 heterocycles. The van der Waals surface area contributed by atoms with Gasteiger partial charge in [0.15, 0.2) is 0 Å². The van der Waals surface area contributed by atoms with E-state index in [2.05, 4.69) is 26.8 Å². The first-order chi connectivity index (χ1) is 6.18. The van der Waals surface area contributed by atoms with Gasteiger partial charge in [0.25, 0.3) is 0 Å². The highest BCUT2D eigenvalue weighted by molar-refractivity contribution is 9.10. The van der Waals surface area contributed by atoms with E-state index in [0.717, 1.165) is 10.0 Å². The molecule has 0 aliphatic rings. The van der Waals surface area contributed by atoms with E-state index in [1.165, 1.54) is 0 Å². The van der Waals surface area contributed by atoms with Gasteiger partial charge in [-0.3, -0.25) is 5.43 Å². The van der Waals surface area contributed by atoms with Crippen LogP contribution < -0.4 is 16.6 Å². The molecule has 0 saturated heterocycles. The predicted octanol–water partition coefficient (Wildman–Crippen LogP) is 1.12. The average Bonchev–Trinajstić information content (AvgIpc) is 2.08. The lowest BCUT2D eigenvalue weighted by Crippen LogP contribution is -2.40. The summed E-state index contributed by atoms with van der Waals surface area (Å²) in [6.07, 6.45) is 0. The van der Waals surface area contributed by atoms with Crippen LogP contribution in [0.25, 0.3) is 0 Å². The quantitative estimate of drug-likeness (QED) is 0.697. The minimum Gasteiger partial charge on any atom is -0.351 e. The number of hydrogen-bond donors (Lipinski definition) is 3. The maximum Gasteiger partial charge on any atom is 0.326 e. The number of urea groups is 1. The van der Waals surface area contributed by atoms with Gasteiger partial charge in [0.05, 0.1) is 0 Å². The summed E-state index contributed by atoms with van der Waals surface area (Å²) in [5, 5.41) is 0. The molecule has 5 heteroatoms. The fourth-order valence-corrected chi connectivity index (χ4v) is 1.10. The third-order valence-corrected chi connectivity index (χ3v) is 1.95. The first kappa shape index (κ1) is 10.0. The summed E-state index contributed by atoms with van der Waals surface area (Å²) in [6.45, 7) is 0.552. The van der Waals surface area contributed by atoms with Crippen LogP contribution in [0.1, 0.15) is 5.56 Å². The molecule has 4 nitrogen and oxygen atoms in total. The first-order valence-electron chi connectivity index (χ1n) is 3.71.